The van der Waals surface area contributed by atoms with Crippen LogP contribution in [-0.4, -0.2) is 24.1 Å². The number of pyridine rings is 2. The highest BCUT2D eigenvalue weighted by molar-refractivity contribution is 7.17. The fourth-order valence-electron chi connectivity index (χ4n) is 7.14. The van der Waals surface area contributed by atoms with E-state index >= 15 is 0 Å². The van der Waals surface area contributed by atoms with Crippen LogP contribution in [0.15, 0.2) is 164 Å². The van der Waals surface area contributed by atoms with Crippen LogP contribution in [0, 0.1) is 0 Å². The highest BCUT2D eigenvalue weighted by atomic mass is 32.1. The Kier molecular flexibility index (Phi) is 6.29. The van der Waals surface area contributed by atoms with Gasteiger partial charge in [-0.15, -0.1) is 0 Å². The van der Waals surface area contributed by atoms with Gasteiger partial charge in [-0.25, -0.2) is 4.98 Å². The maximum Gasteiger partial charge on any atom is 0.125 e. The average molecular weight is 646 g/mol. The zero-order valence-corrected chi connectivity index (χ0v) is 27.0. The van der Waals surface area contributed by atoms with Crippen LogP contribution in [0.1, 0.15) is 0 Å². The molecule has 5 aromatic carbocycles. The Morgan fingerprint density at radius 2 is 0.980 bits per heavy atom. The third-order valence-corrected chi connectivity index (χ3v) is 10.4. The first-order chi connectivity index (χ1) is 24.3. The van der Waals surface area contributed by atoms with E-state index in [0.29, 0.717) is 0 Å². The lowest BCUT2D eigenvalue weighted by Crippen LogP contribution is -1.97. The predicted octanol–water partition coefficient (Wildman–Crippen LogP) is 11.1. The summed E-state index contributed by atoms with van der Waals surface area (Å²) in [5.41, 5.74) is 10.9. The Hall–Kier alpha value is -6.37. The molecule has 0 aliphatic rings. The Balaban J connectivity index is 1.35. The molecular weight excluding hydrogens is 619 g/mol. The van der Waals surface area contributed by atoms with E-state index in [9.17, 15) is 0 Å². The molecule has 5 aromatic heterocycles. The molecule has 0 amide bonds. The number of aromatic nitrogens is 5. The van der Waals surface area contributed by atoms with Crippen molar-refractivity contribution in [3.05, 3.63) is 164 Å². The summed E-state index contributed by atoms with van der Waals surface area (Å²) < 4.78 is 4.83. The van der Waals surface area contributed by atoms with Crippen molar-refractivity contribution >= 4 is 54.9 Å². The predicted molar refractivity (Wildman–Crippen MR) is 203 cm³/mol. The number of nitrogens with zero attached hydrogens (tertiary/aromatic N) is 5. The van der Waals surface area contributed by atoms with Crippen molar-refractivity contribution in [1.82, 2.24) is 24.1 Å². The van der Waals surface area contributed by atoms with Gasteiger partial charge in [0.1, 0.15) is 10.0 Å². The normalized spacial score (nSPS) is 11.7. The van der Waals surface area contributed by atoms with Crippen LogP contribution in [0.3, 0.4) is 0 Å². The van der Waals surface area contributed by atoms with Crippen LogP contribution in [0.25, 0.3) is 87.4 Å². The van der Waals surface area contributed by atoms with Gasteiger partial charge in [0, 0.05) is 56.3 Å². The highest BCUT2D eigenvalue weighted by Gasteiger charge is 2.23. The molecule has 0 saturated carbocycles. The van der Waals surface area contributed by atoms with E-state index in [-0.39, 0.29) is 0 Å². The molecule has 0 N–H and O–H groups in total. The van der Waals surface area contributed by atoms with Gasteiger partial charge < -0.3 is 4.57 Å². The number of benzene rings is 5. The SMILES string of the molecule is c1ccc(-c2ncc(-n3c4ccc(-c5ccccn5)cc4c4ccc5c6cc(-c7ccccn7)ccc6n(-c6ccccc6)c5c43)s2)cc1. The zero-order chi connectivity index (χ0) is 32.3. The number of thiazole rings is 1. The third-order valence-electron chi connectivity index (χ3n) is 9.32. The Bertz CT molecular complexity index is 2800. The smallest absolute Gasteiger partial charge is 0.125 e. The van der Waals surface area contributed by atoms with Gasteiger partial charge in [0.05, 0.1) is 39.7 Å². The Morgan fingerprint density at radius 3 is 1.57 bits per heavy atom. The van der Waals surface area contributed by atoms with Gasteiger partial charge in [-0.05, 0) is 60.7 Å². The molecule has 0 fully saturated rings. The summed E-state index contributed by atoms with van der Waals surface area (Å²) in [6, 6.07) is 51.2. The number of para-hydroxylation sites is 1. The summed E-state index contributed by atoms with van der Waals surface area (Å²) in [6.07, 6.45) is 5.73. The van der Waals surface area contributed by atoms with Crippen molar-refractivity contribution in [2.45, 2.75) is 0 Å². The van der Waals surface area contributed by atoms with E-state index in [1.165, 1.54) is 21.5 Å². The third kappa shape index (κ3) is 4.42. The molecule has 0 bridgehead atoms. The quantitative estimate of drug-likeness (QED) is 0.187. The molecule has 10 rings (SSSR count). The Labute approximate surface area is 286 Å². The first-order valence-corrected chi connectivity index (χ1v) is 17.1. The van der Waals surface area contributed by atoms with E-state index < -0.39 is 0 Å². The molecule has 0 unspecified atom stereocenters. The molecular formula is C43H27N5S. The molecule has 0 saturated heterocycles. The van der Waals surface area contributed by atoms with Gasteiger partial charge in [0.25, 0.3) is 0 Å². The van der Waals surface area contributed by atoms with Crippen LogP contribution in [-0.2, 0) is 0 Å². The first-order valence-electron chi connectivity index (χ1n) is 16.3. The highest BCUT2D eigenvalue weighted by Crippen LogP contribution is 2.44. The summed E-state index contributed by atoms with van der Waals surface area (Å²) in [7, 11) is 0. The van der Waals surface area contributed by atoms with Crippen molar-refractivity contribution in [2.24, 2.45) is 0 Å². The van der Waals surface area contributed by atoms with E-state index in [1.54, 1.807) is 11.3 Å². The molecule has 0 aliphatic carbocycles. The van der Waals surface area contributed by atoms with Gasteiger partial charge in [-0.2, -0.15) is 0 Å². The van der Waals surface area contributed by atoms with Crippen molar-refractivity contribution in [1.29, 1.82) is 0 Å². The van der Waals surface area contributed by atoms with Crippen LogP contribution in [0.2, 0.25) is 0 Å². The van der Waals surface area contributed by atoms with Crippen LogP contribution in [0.4, 0.5) is 0 Å². The zero-order valence-electron chi connectivity index (χ0n) is 26.2. The van der Waals surface area contributed by atoms with E-state index in [1.807, 2.05) is 48.9 Å². The number of hydrogen-bond acceptors (Lipinski definition) is 4. The van der Waals surface area contributed by atoms with Gasteiger partial charge in [-0.3, -0.25) is 14.5 Å². The van der Waals surface area contributed by atoms with Crippen molar-refractivity contribution in [3.63, 3.8) is 0 Å². The second kappa shape index (κ2) is 11.1. The fourth-order valence-corrected chi connectivity index (χ4v) is 8.09. The fraction of sp³-hybridized carbons (Fsp3) is 0. The van der Waals surface area contributed by atoms with Crippen LogP contribution in [0.5, 0.6) is 0 Å². The average Bonchev–Trinajstić information content (AvgIpc) is 3.88. The summed E-state index contributed by atoms with van der Waals surface area (Å²) in [4.78, 5) is 14.3. The lowest BCUT2D eigenvalue weighted by Gasteiger charge is -2.11. The number of hydrogen-bond donors (Lipinski definition) is 0. The number of fused-ring (bicyclic) bond motifs is 7. The molecule has 10 aromatic rings. The minimum absolute atomic E-state index is 0.955. The molecule has 0 spiro atoms. The van der Waals surface area contributed by atoms with Gasteiger partial charge in [0.15, 0.2) is 0 Å². The molecule has 6 heteroatoms. The summed E-state index contributed by atoms with van der Waals surface area (Å²) in [6.45, 7) is 0. The molecule has 5 nitrogen and oxygen atoms in total. The first kappa shape index (κ1) is 27.7. The monoisotopic (exact) mass is 645 g/mol. The van der Waals surface area contributed by atoms with Gasteiger partial charge in [0.2, 0.25) is 0 Å². The molecule has 0 atom stereocenters. The number of rotatable bonds is 5. The second-order valence-electron chi connectivity index (χ2n) is 12.1. The molecule has 5 heterocycles. The molecule has 49 heavy (non-hydrogen) atoms. The van der Waals surface area contributed by atoms with Gasteiger partial charge >= 0.3 is 0 Å². The van der Waals surface area contributed by atoms with E-state index in [0.717, 1.165) is 65.8 Å². The standard InChI is InChI=1S/C43H27N5S/c1-3-11-28(12-4-1)43-46-27-40(49-43)48-39-22-18-30(37-16-8-10-24-45-37)26-35(39)33-20-19-32-34-25-29(36-15-7-9-23-44-36)17-21-38(34)47(41(32)42(33)48)31-13-5-2-6-14-31/h1-27H. The molecule has 230 valence electrons. The maximum absolute atomic E-state index is 4.94. The largest absolute Gasteiger partial charge is 0.307 e. The molecule has 0 radical (unpaired) electrons. The second-order valence-corrected chi connectivity index (χ2v) is 13.1. The molecule has 0 aliphatic heterocycles. The topological polar surface area (TPSA) is 48.5 Å². The lowest BCUT2D eigenvalue weighted by atomic mass is 10.0. The van der Waals surface area contributed by atoms with Crippen LogP contribution >= 0.6 is 11.3 Å². The van der Waals surface area contributed by atoms with Crippen molar-refractivity contribution < 1.29 is 0 Å². The van der Waals surface area contributed by atoms with Crippen molar-refractivity contribution in [3.8, 4) is 43.8 Å². The minimum Gasteiger partial charge on any atom is -0.307 e. The summed E-state index contributed by atoms with van der Waals surface area (Å²) >= 11 is 1.71. The minimum atomic E-state index is 0.955. The lowest BCUT2D eigenvalue weighted by molar-refractivity contribution is 1.16. The van der Waals surface area contributed by atoms with Gasteiger partial charge in [-0.1, -0.05) is 96.3 Å². The van der Waals surface area contributed by atoms with E-state index in [2.05, 4.69) is 134 Å². The van der Waals surface area contributed by atoms with Crippen LogP contribution < -0.4 is 0 Å². The maximum atomic E-state index is 4.94. The Morgan fingerprint density at radius 1 is 0.429 bits per heavy atom. The van der Waals surface area contributed by atoms with Crippen molar-refractivity contribution in [2.75, 3.05) is 0 Å². The summed E-state index contributed by atoms with van der Waals surface area (Å²) in [5, 5.41) is 6.78. The van der Waals surface area contributed by atoms with E-state index in [4.69, 9.17) is 4.98 Å². The summed E-state index contributed by atoms with van der Waals surface area (Å²) in [5.74, 6) is 0.